The summed E-state index contributed by atoms with van der Waals surface area (Å²) in [5, 5.41) is 1.31. The van der Waals surface area contributed by atoms with Crippen LogP contribution in [-0.2, 0) is 13.0 Å². The minimum absolute atomic E-state index is 0.689. The van der Waals surface area contributed by atoms with Gasteiger partial charge in [0.05, 0.1) is 0 Å². The van der Waals surface area contributed by atoms with E-state index in [4.69, 9.17) is 5.73 Å². The van der Waals surface area contributed by atoms with E-state index in [9.17, 15) is 0 Å². The van der Waals surface area contributed by atoms with Gasteiger partial charge in [0.2, 0.25) is 0 Å². The molecule has 3 aromatic rings. The van der Waals surface area contributed by atoms with Crippen LogP contribution in [0.25, 0.3) is 22.0 Å². The van der Waals surface area contributed by atoms with Crippen LogP contribution in [0.3, 0.4) is 0 Å². The van der Waals surface area contributed by atoms with Crippen LogP contribution in [0, 0.1) is 0 Å². The van der Waals surface area contributed by atoms with Crippen LogP contribution < -0.4 is 5.73 Å². The highest BCUT2D eigenvalue weighted by Gasteiger charge is 2.08. The van der Waals surface area contributed by atoms with E-state index in [1.165, 1.54) is 27.6 Å². The predicted molar refractivity (Wildman–Crippen MR) is 83.6 cm³/mol. The maximum Gasteiger partial charge on any atom is 0.0489 e. The van der Waals surface area contributed by atoms with E-state index in [-0.39, 0.29) is 0 Å². The van der Waals surface area contributed by atoms with Gasteiger partial charge >= 0.3 is 0 Å². The lowest BCUT2D eigenvalue weighted by Gasteiger charge is -2.05. The molecule has 0 spiro atoms. The number of nitrogens with zero attached hydrogens (tertiary/aromatic N) is 2. The lowest BCUT2D eigenvalue weighted by Crippen LogP contribution is -2.02. The molecule has 0 atom stereocenters. The molecule has 3 heteroatoms. The predicted octanol–water partition coefficient (Wildman–Crippen LogP) is 3.22. The first-order chi connectivity index (χ1) is 9.83. The zero-order valence-corrected chi connectivity index (χ0v) is 11.7. The molecule has 3 nitrogen and oxygen atoms in total. The minimum Gasteiger partial charge on any atom is -0.347 e. The molecule has 0 bridgehead atoms. The highest BCUT2D eigenvalue weighted by atomic mass is 14.9. The van der Waals surface area contributed by atoms with E-state index < -0.39 is 0 Å². The smallest absolute Gasteiger partial charge is 0.0489 e. The van der Waals surface area contributed by atoms with Crippen LogP contribution in [0.15, 0.2) is 48.9 Å². The lowest BCUT2D eigenvalue weighted by molar-refractivity contribution is 0.791. The van der Waals surface area contributed by atoms with Crippen LogP contribution in [0.5, 0.6) is 0 Å². The number of aromatic nitrogens is 2. The Kier molecular flexibility index (Phi) is 3.52. The molecule has 1 aromatic carbocycles. The van der Waals surface area contributed by atoms with E-state index in [1.807, 2.05) is 24.5 Å². The fourth-order valence-corrected chi connectivity index (χ4v) is 2.71. The van der Waals surface area contributed by atoms with Gasteiger partial charge in [-0.2, -0.15) is 0 Å². The third kappa shape index (κ3) is 2.21. The van der Waals surface area contributed by atoms with Crippen molar-refractivity contribution < 1.29 is 0 Å². The second-order valence-electron chi connectivity index (χ2n) is 4.95. The van der Waals surface area contributed by atoms with Gasteiger partial charge in [0, 0.05) is 36.0 Å². The number of benzene rings is 1. The summed E-state index contributed by atoms with van der Waals surface area (Å²) in [6, 6.07) is 10.7. The molecule has 0 aliphatic carbocycles. The summed E-state index contributed by atoms with van der Waals surface area (Å²) in [4.78, 5) is 4.08. The number of pyridine rings is 1. The van der Waals surface area contributed by atoms with Crippen molar-refractivity contribution in [3.63, 3.8) is 0 Å². The number of hydrogen-bond acceptors (Lipinski definition) is 2. The summed E-state index contributed by atoms with van der Waals surface area (Å²) in [5.74, 6) is 0. The average molecular weight is 265 g/mol. The average Bonchev–Trinajstić information content (AvgIpc) is 2.86. The molecule has 2 heterocycles. The number of nitrogens with two attached hydrogens (primary N) is 1. The van der Waals surface area contributed by atoms with Crippen LogP contribution in [0.1, 0.15) is 12.5 Å². The normalized spacial score (nSPS) is 11.1. The fraction of sp³-hybridized carbons (Fsp3) is 0.235. The Morgan fingerprint density at radius 2 is 1.90 bits per heavy atom. The monoisotopic (exact) mass is 265 g/mol. The fourth-order valence-electron chi connectivity index (χ4n) is 2.71. The van der Waals surface area contributed by atoms with Crippen molar-refractivity contribution in [3.05, 3.63) is 54.5 Å². The standard InChI is InChI=1S/C17H19N3/c1-2-20-12-15(5-8-18)16-4-3-14(11-17(16)20)13-6-9-19-10-7-13/h3-4,6-7,9-12H,2,5,8,18H2,1H3. The molecule has 2 aromatic heterocycles. The van der Waals surface area contributed by atoms with Crippen molar-refractivity contribution in [2.24, 2.45) is 5.73 Å². The Morgan fingerprint density at radius 1 is 1.10 bits per heavy atom. The van der Waals surface area contributed by atoms with Crippen molar-refractivity contribution in [1.29, 1.82) is 0 Å². The molecule has 0 aliphatic heterocycles. The molecule has 0 saturated heterocycles. The Labute approximate surface area is 119 Å². The van der Waals surface area contributed by atoms with Gasteiger partial charge in [-0.25, -0.2) is 0 Å². The summed E-state index contributed by atoms with van der Waals surface area (Å²) < 4.78 is 2.30. The van der Waals surface area contributed by atoms with E-state index in [1.54, 1.807) is 0 Å². The number of rotatable bonds is 4. The first-order valence-electron chi connectivity index (χ1n) is 7.05. The molecular formula is C17H19N3. The first kappa shape index (κ1) is 12.9. The van der Waals surface area contributed by atoms with Gasteiger partial charge in [0.25, 0.3) is 0 Å². The van der Waals surface area contributed by atoms with Crippen molar-refractivity contribution >= 4 is 10.9 Å². The van der Waals surface area contributed by atoms with Gasteiger partial charge in [0.15, 0.2) is 0 Å². The molecule has 0 radical (unpaired) electrons. The van der Waals surface area contributed by atoms with Crippen molar-refractivity contribution in [2.75, 3.05) is 6.54 Å². The second kappa shape index (κ2) is 5.47. The minimum atomic E-state index is 0.689. The van der Waals surface area contributed by atoms with E-state index >= 15 is 0 Å². The molecule has 0 saturated carbocycles. The third-order valence-electron chi connectivity index (χ3n) is 3.73. The Hall–Kier alpha value is -2.13. The van der Waals surface area contributed by atoms with E-state index in [0.717, 1.165) is 13.0 Å². The molecule has 0 amide bonds. The van der Waals surface area contributed by atoms with Gasteiger partial charge in [-0.3, -0.25) is 4.98 Å². The Balaban J connectivity index is 2.15. The van der Waals surface area contributed by atoms with E-state index in [0.29, 0.717) is 6.54 Å². The molecule has 102 valence electrons. The van der Waals surface area contributed by atoms with Gasteiger partial charge in [0.1, 0.15) is 0 Å². The Bertz CT molecular complexity index is 714. The summed E-state index contributed by atoms with van der Waals surface area (Å²) >= 11 is 0. The zero-order chi connectivity index (χ0) is 13.9. The molecule has 20 heavy (non-hydrogen) atoms. The lowest BCUT2D eigenvalue weighted by atomic mass is 10.0. The maximum absolute atomic E-state index is 5.71. The maximum atomic E-state index is 5.71. The molecular weight excluding hydrogens is 246 g/mol. The second-order valence-corrected chi connectivity index (χ2v) is 4.95. The van der Waals surface area contributed by atoms with Crippen LogP contribution in [-0.4, -0.2) is 16.1 Å². The van der Waals surface area contributed by atoms with Crippen LogP contribution in [0.2, 0.25) is 0 Å². The highest BCUT2D eigenvalue weighted by molar-refractivity contribution is 5.88. The van der Waals surface area contributed by atoms with Crippen LogP contribution >= 0.6 is 0 Å². The summed E-state index contributed by atoms with van der Waals surface area (Å²) in [6.07, 6.45) is 6.82. The number of aryl methyl sites for hydroxylation is 1. The SMILES string of the molecule is CCn1cc(CCN)c2ccc(-c3ccncc3)cc21. The van der Waals surface area contributed by atoms with Gasteiger partial charge in [-0.15, -0.1) is 0 Å². The zero-order valence-electron chi connectivity index (χ0n) is 11.7. The first-order valence-corrected chi connectivity index (χ1v) is 7.05. The third-order valence-corrected chi connectivity index (χ3v) is 3.73. The van der Waals surface area contributed by atoms with Crippen molar-refractivity contribution in [1.82, 2.24) is 9.55 Å². The molecule has 3 rings (SSSR count). The van der Waals surface area contributed by atoms with Gasteiger partial charge < -0.3 is 10.3 Å². The van der Waals surface area contributed by atoms with E-state index in [2.05, 4.69) is 40.9 Å². The molecule has 0 unspecified atom stereocenters. The quantitative estimate of drug-likeness (QED) is 0.787. The molecule has 0 fully saturated rings. The van der Waals surface area contributed by atoms with Crippen LogP contribution in [0.4, 0.5) is 0 Å². The summed E-state index contributed by atoms with van der Waals surface area (Å²) in [7, 11) is 0. The van der Waals surface area contributed by atoms with Crippen molar-refractivity contribution in [2.45, 2.75) is 19.9 Å². The number of hydrogen-bond donors (Lipinski definition) is 1. The van der Waals surface area contributed by atoms with Gasteiger partial charge in [-0.1, -0.05) is 12.1 Å². The number of fused-ring (bicyclic) bond motifs is 1. The Morgan fingerprint density at radius 3 is 2.60 bits per heavy atom. The summed E-state index contributed by atoms with van der Waals surface area (Å²) in [6.45, 7) is 3.83. The molecule has 0 aliphatic rings. The highest BCUT2D eigenvalue weighted by Crippen LogP contribution is 2.27. The molecule has 2 N–H and O–H groups in total. The van der Waals surface area contributed by atoms with Crippen molar-refractivity contribution in [3.8, 4) is 11.1 Å². The van der Waals surface area contributed by atoms with Gasteiger partial charge in [-0.05, 0) is 54.8 Å². The largest absolute Gasteiger partial charge is 0.347 e. The summed E-state index contributed by atoms with van der Waals surface area (Å²) in [5.41, 5.74) is 10.8. The topological polar surface area (TPSA) is 43.8 Å².